The molecule has 0 bridgehead atoms. The molecule has 2 amide bonds. The molecule has 0 saturated carbocycles. The van der Waals surface area contributed by atoms with Gasteiger partial charge in [0.15, 0.2) is 0 Å². The van der Waals surface area contributed by atoms with Gasteiger partial charge >= 0.3 is 0 Å². The summed E-state index contributed by atoms with van der Waals surface area (Å²) in [5, 5.41) is 1.39. The molecule has 0 atom stereocenters. The fourth-order valence-electron chi connectivity index (χ4n) is 2.22. The molecule has 4 heteroatoms. The van der Waals surface area contributed by atoms with Crippen LogP contribution >= 0.6 is 0 Å². The van der Waals surface area contributed by atoms with Crippen molar-refractivity contribution >= 4 is 11.8 Å². The minimum absolute atomic E-state index is 0.233. The highest BCUT2D eigenvalue weighted by molar-refractivity contribution is 5.99. The van der Waals surface area contributed by atoms with Crippen LogP contribution in [0.2, 0.25) is 0 Å². The molecule has 0 saturated heterocycles. The molecule has 0 aromatic heterocycles. The minimum Gasteiger partial charge on any atom is -0.267 e. The molecular weight excluding hydrogens is 300 g/mol. The van der Waals surface area contributed by atoms with Gasteiger partial charge in [0.2, 0.25) is 0 Å². The van der Waals surface area contributed by atoms with Crippen molar-refractivity contribution in [2.24, 2.45) is 0 Å². The van der Waals surface area contributed by atoms with Crippen molar-refractivity contribution in [2.75, 3.05) is 0 Å². The number of benzene rings is 2. The van der Waals surface area contributed by atoms with E-state index in [9.17, 15) is 9.59 Å². The standard InChI is InChI=1S/C20H24N2O2/c1-14-6-10-16(11-7-14)18(23)21-22(20(3,4)5)19(24)17-12-8-15(2)9-13-17/h6-13H,1-5H3,(H,21,23). The summed E-state index contributed by atoms with van der Waals surface area (Å²) >= 11 is 0. The van der Waals surface area contributed by atoms with Crippen LogP contribution in [0.1, 0.15) is 52.6 Å². The summed E-state index contributed by atoms with van der Waals surface area (Å²) < 4.78 is 0. The molecule has 2 aromatic carbocycles. The molecule has 4 nitrogen and oxygen atoms in total. The van der Waals surface area contributed by atoms with E-state index in [0.29, 0.717) is 11.1 Å². The van der Waals surface area contributed by atoms with Crippen LogP contribution in [-0.2, 0) is 0 Å². The fraction of sp³-hybridized carbons (Fsp3) is 0.300. The molecule has 1 N–H and O–H groups in total. The van der Waals surface area contributed by atoms with E-state index in [1.54, 1.807) is 24.3 Å². The first-order chi connectivity index (χ1) is 11.2. The minimum atomic E-state index is -0.553. The highest BCUT2D eigenvalue weighted by Crippen LogP contribution is 2.16. The number of carbonyl (C=O) groups excluding carboxylic acids is 2. The zero-order valence-electron chi connectivity index (χ0n) is 14.9. The summed E-state index contributed by atoms with van der Waals surface area (Å²) in [5.41, 5.74) is 5.42. The van der Waals surface area contributed by atoms with Crippen LogP contribution in [-0.4, -0.2) is 22.4 Å². The number of hydrogen-bond acceptors (Lipinski definition) is 2. The van der Waals surface area contributed by atoms with E-state index in [2.05, 4.69) is 5.43 Å². The molecule has 0 aliphatic carbocycles. The lowest BCUT2D eigenvalue weighted by molar-refractivity contribution is 0.0358. The summed E-state index contributed by atoms with van der Waals surface area (Å²) in [5.74, 6) is -0.534. The van der Waals surface area contributed by atoms with Crippen molar-refractivity contribution in [3.63, 3.8) is 0 Å². The summed E-state index contributed by atoms with van der Waals surface area (Å²) in [7, 11) is 0. The molecule has 0 fully saturated rings. The first kappa shape index (κ1) is 17.7. The SMILES string of the molecule is Cc1ccc(C(=O)NN(C(=O)c2ccc(C)cc2)C(C)(C)C)cc1. The lowest BCUT2D eigenvalue weighted by Gasteiger charge is -2.35. The van der Waals surface area contributed by atoms with E-state index in [0.717, 1.165) is 11.1 Å². The van der Waals surface area contributed by atoms with E-state index in [-0.39, 0.29) is 11.8 Å². The third kappa shape index (κ3) is 4.22. The average molecular weight is 324 g/mol. The molecule has 0 heterocycles. The maximum atomic E-state index is 12.8. The van der Waals surface area contributed by atoms with Crippen molar-refractivity contribution in [3.05, 3.63) is 70.8 Å². The third-order valence-electron chi connectivity index (χ3n) is 3.70. The normalized spacial score (nSPS) is 11.0. The lowest BCUT2D eigenvalue weighted by Crippen LogP contribution is -2.55. The molecule has 2 aromatic rings. The summed E-state index contributed by atoms with van der Waals surface area (Å²) in [4.78, 5) is 25.3. The molecule has 0 aliphatic rings. The van der Waals surface area contributed by atoms with Crippen LogP contribution < -0.4 is 5.43 Å². The van der Waals surface area contributed by atoms with E-state index in [1.165, 1.54) is 5.01 Å². The van der Waals surface area contributed by atoms with Crippen LogP contribution in [0.4, 0.5) is 0 Å². The largest absolute Gasteiger partial charge is 0.272 e. The second-order valence-electron chi connectivity index (χ2n) is 6.98. The topological polar surface area (TPSA) is 49.4 Å². The Morgan fingerprint density at radius 2 is 1.21 bits per heavy atom. The van der Waals surface area contributed by atoms with Crippen molar-refractivity contribution in [3.8, 4) is 0 Å². The Morgan fingerprint density at radius 3 is 1.62 bits per heavy atom. The first-order valence-electron chi connectivity index (χ1n) is 7.97. The van der Waals surface area contributed by atoms with E-state index in [1.807, 2.05) is 58.9 Å². The smallest absolute Gasteiger partial charge is 0.267 e. The predicted octanol–water partition coefficient (Wildman–Crippen LogP) is 3.89. The average Bonchev–Trinajstić information content (AvgIpc) is 2.52. The van der Waals surface area contributed by atoms with Gasteiger partial charge in [-0.2, -0.15) is 0 Å². The highest BCUT2D eigenvalue weighted by Gasteiger charge is 2.29. The summed E-state index contributed by atoms with van der Waals surface area (Å²) in [6.45, 7) is 9.58. The lowest BCUT2D eigenvalue weighted by atomic mass is 10.1. The van der Waals surface area contributed by atoms with Gasteiger partial charge in [-0.3, -0.25) is 15.0 Å². The first-order valence-corrected chi connectivity index (χ1v) is 7.97. The number of rotatable bonds is 2. The van der Waals surface area contributed by atoms with Crippen molar-refractivity contribution < 1.29 is 9.59 Å². The van der Waals surface area contributed by atoms with Gasteiger partial charge in [0.25, 0.3) is 11.8 Å². The Hall–Kier alpha value is -2.62. The van der Waals surface area contributed by atoms with Gasteiger partial charge in [0.05, 0.1) is 5.54 Å². The number of nitrogens with zero attached hydrogens (tertiary/aromatic N) is 1. The van der Waals surface area contributed by atoms with Crippen LogP contribution in [0.15, 0.2) is 48.5 Å². The van der Waals surface area contributed by atoms with Crippen molar-refractivity contribution in [1.29, 1.82) is 0 Å². The Balaban J connectivity index is 2.25. The van der Waals surface area contributed by atoms with Crippen molar-refractivity contribution in [2.45, 2.75) is 40.2 Å². The molecule has 24 heavy (non-hydrogen) atoms. The second-order valence-corrected chi connectivity index (χ2v) is 6.98. The number of aryl methyl sites for hydroxylation is 2. The van der Waals surface area contributed by atoms with E-state index in [4.69, 9.17) is 0 Å². The third-order valence-corrected chi connectivity index (χ3v) is 3.70. The van der Waals surface area contributed by atoms with E-state index < -0.39 is 5.54 Å². The summed E-state index contributed by atoms with van der Waals surface area (Å²) in [6.07, 6.45) is 0. The molecule has 126 valence electrons. The van der Waals surface area contributed by atoms with Crippen molar-refractivity contribution in [1.82, 2.24) is 10.4 Å². The van der Waals surface area contributed by atoms with Crippen LogP contribution in [0.3, 0.4) is 0 Å². The number of hydrogen-bond donors (Lipinski definition) is 1. The molecule has 0 spiro atoms. The monoisotopic (exact) mass is 324 g/mol. The van der Waals surface area contributed by atoms with Gasteiger partial charge in [-0.05, 0) is 58.9 Å². The van der Waals surface area contributed by atoms with Gasteiger partial charge in [0, 0.05) is 11.1 Å². The molecule has 2 rings (SSSR count). The summed E-state index contributed by atoms with van der Waals surface area (Å²) in [6, 6.07) is 14.6. The Bertz CT molecular complexity index is 726. The van der Waals surface area contributed by atoms with Crippen LogP contribution in [0, 0.1) is 13.8 Å². The number of amides is 2. The van der Waals surface area contributed by atoms with Gasteiger partial charge in [-0.25, -0.2) is 5.01 Å². The molecular formula is C20H24N2O2. The Morgan fingerprint density at radius 1 is 0.792 bits per heavy atom. The molecule has 0 radical (unpaired) electrons. The van der Waals surface area contributed by atoms with Gasteiger partial charge in [0.1, 0.15) is 0 Å². The van der Waals surface area contributed by atoms with E-state index >= 15 is 0 Å². The zero-order chi connectivity index (χ0) is 17.9. The Labute approximate surface area is 143 Å². The molecule has 0 aliphatic heterocycles. The van der Waals surface area contributed by atoms with Crippen LogP contribution in [0.25, 0.3) is 0 Å². The maximum absolute atomic E-state index is 12.8. The molecule has 0 unspecified atom stereocenters. The predicted molar refractivity (Wildman–Crippen MR) is 95.7 cm³/mol. The maximum Gasteiger partial charge on any atom is 0.272 e. The number of hydrazine groups is 1. The quantitative estimate of drug-likeness (QED) is 0.852. The highest BCUT2D eigenvalue weighted by atomic mass is 16.2. The number of carbonyl (C=O) groups is 2. The van der Waals surface area contributed by atoms with Crippen LogP contribution in [0.5, 0.6) is 0 Å². The van der Waals surface area contributed by atoms with Gasteiger partial charge in [-0.1, -0.05) is 35.4 Å². The number of nitrogens with one attached hydrogen (secondary N) is 1. The fourth-order valence-corrected chi connectivity index (χ4v) is 2.22. The Kier molecular flexibility index (Phi) is 5.07. The zero-order valence-corrected chi connectivity index (χ0v) is 14.9. The van der Waals surface area contributed by atoms with Gasteiger partial charge < -0.3 is 0 Å². The van der Waals surface area contributed by atoms with Gasteiger partial charge in [-0.15, -0.1) is 0 Å². The second kappa shape index (κ2) is 6.87.